The standard InChI is InChI=1S/C22H28N4O3/c1-22(2)17(15-18(27)29-22)21(28)26-13-11-25(12-14-26)19(16-7-5-4-6-8-16)20-23-9-10-24(20)3/h4-10,17,19H,11-15H2,1-3H3/t17-,19+/m1/s1. The van der Waals surface area contributed by atoms with Crippen LogP contribution in [0.25, 0.3) is 0 Å². The fraction of sp³-hybridized carbons (Fsp3) is 0.500. The fourth-order valence-corrected chi connectivity index (χ4v) is 4.42. The second-order valence-electron chi connectivity index (χ2n) is 8.41. The first kappa shape index (κ1) is 19.6. The lowest BCUT2D eigenvalue weighted by Crippen LogP contribution is -2.53. The van der Waals surface area contributed by atoms with Crippen LogP contribution in [-0.4, -0.2) is 63.0 Å². The number of amides is 1. The molecule has 0 unspecified atom stereocenters. The van der Waals surface area contributed by atoms with E-state index in [4.69, 9.17) is 4.74 Å². The minimum atomic E-state index is -0.731. The Labute approximate surface area is 171 Å². The quantitative estimate of drug-likeness (QED) is 0.740. The second-order valence-corrected chi connectivity index (χ2v) is 8.41. The Kier molecular flexibility index (Phi) is 5.17. The number of aromatic nitrogens is 2. The summed E-state index contributed by atoms with van der Waals surface area (Å²) in [5.74, 6) is 0.326. The summed E-state index contributed by atoms with van der Waals surface area (Å²) >= 11 is 0. The Morgan fingerprint density at radius 2 is 1.86 bits per heavy atom. The number of nitrogens with zero attached hydrogens (tertiary/aromatic N) is 4. The third kappa shape index (κ3) is 3.79. The van der Waals surface area contributed by atoms with Crippen LogP contribution < -0.4 is 0 Å². The van der Waals surface area contributed by atoms with Crippen LogP contribution in [0, 0.1) is 5.92 Å². The van der Waals surface area contributed by atoms with Crippen LogP contribution in [0.3, 0.4) is 0 Å². The molecule has 0 spiro atoms. The van der Waals surface area contributed by atoms with Gasteiger partial charge in [-0.3, -0.25) is 14.5 Å². The number of rotatable bonds is 4. The highest BCUT2D eigenvalue weighted by molar-refractivity contribution is 5.87. The normalized spacial score (nSPS) is 23.1. The van der Waals surface area contributed by atoms with Crippen LogP contribution in [0.1, 0.15) is 37.7 Å². The Morgan fingerprint density at radius 3 is 2.41 bits per heavy atom. The van der Waals surface area contributed by atoms with Crippen molar-refractivity contribution in [2.45, 2.75) is 31.9 Å². The first-order chi connectivity index (χ1) is 13.9. The highest BCUT2D eigenvalue weighted by atomic mass is 16.6. The molecule has 2 fully saturated rings. The number of piperazine rings is 1. The predicted molar refractivity (Wildman–Crippen MR) is 108 cm³/mol. The molecule has 1 amide bonds. The molecule has 2 aliphatic heterocycles. The predicted octanol–water partition coefficient (Wildman–Crippen LogP) is 2.00. The van der Waals surface area contributed by atoms with Crippen molar-refractivity contribution in [1.29, 1.82) is 0 Å². The Balaban J connectivity index is 1.49. The average Bonchev–Trinajstić information content (AvgIpc) is 3.24. The second kappa shape index (κ2) is 7.63. The van der Waals surface area contributed by atoms with Crippen molar-refractivity contribution in [1.82, 2.24) is 19.4 Å². The van der Waals surface area contributed by atoms with Gasteiger partial charge in [0.25, 0.3) is 0 Å². The average molecular weight is 396 g/mol. The number of hydrogen-bond donors (Lipinski definition) is 0. The van der Waals surface area contributed by atoms with Crippen molar-refractivity contribution in [2.24, 2.45) is 13.0 Å². The summed E-state index contributed by atoms with van der Waals surface area (Å²) in [5.41, 5.74) is 0.461. The monoisotopic (exact) mass is 396 g/mol. The molecule has 1 aromatic heterocycles. The number of carbonyl (C=O) groups is 2. The molecule has 7 nitrogen and oxygen atoms in total. The van der Waals surface area contributed by atoms with Crippen molar-refractivity contribution < 1.29 is 14.3 Å². The molecular formula is C22H28N4O3. The van der Waals surface area contributed by atoms with E-state index < -0.39 is 11.5 Å². The lowest BCUT2D eigenvalue weighted by Gasteiger charge is -2.40. The largest absolute Gasteiger partial charge is 0.459 e. The molecule has 2 aromatic rings. The number of aryl methyl sites for hydroxylation is 1. The topological polar surface area (TPSA) is 67.7 Å². The highest BCUT2D eigenvalue weighted by Crippen LogP contribution is 2.34. The summed E-state index contributed by atoms with van der Waals surface area (Å²) in [5, 5.41) is 0. The SMILES string of the molecule is Cn1ccnc1[C@H](c1ccccc1)N1CCN(C(=O)[C@H]2CC(=O)OC2(C)C)CC1. The summed E-state index contributed by atoms with van der Waals surface area (Å²) in [6.07, 6.45) is 3.96. The number of esters is 1. The van der Waals surface area contributed by atoms with Crippen LogP contribution in [-0.2, 0) is 21.4 Å². The Morgan fingerprint density at radius 1 is 1.17 bits per heavy atom. The van der Waals surface area contributed by atoms with Crippen LogP contribution in [0.2, 0.25) is 0 Å². The van der Waals surface area contributed by atoms with E-state index in [-0.39, 0.29) is 24.3 Å². The summed E-state index contributed by atoms with van der Waals surface area (Å²) < 4.78 is 7.40. The maximum Gasteiger partial charge on any atom is 0.307 e. The molecule has 0 aliphatic carbocycles. The fourth-order valence-electron chi connectivity index (χ4n) is 4.42. The van der Waals surface area contributed by atoms with E-state index in [0.29, 0.717) is 13.1 Å². The molecule has 0 saturated carbocycles. The smallest absolute Gasteiger partial charge is 0.307 e. The van der Waals surface area contributed by atoms with Gasteiger partial charge in [0.15, 0.2) is 0 Å². The summed E-state index contributed by atoms with van der Waals surface area (Å²) in [6, 6.07) is 10.4. The van der Waals surface area contributed by atoms with Gasteiger partial charge in [-0.2, -0.15) is 0 Å². The zero-order valence-electron chi connectivity index (χ0n) is 17.2. The third-order valence-corrected chi connectivity index (χ3v) is 6.09. The summed E-state index contributed by atoms with van der Waals surface area (Å²) in [6.45, 7) is 6.41. The molecular weight excluding hydrogens is 368 g/mol. The van der Waals surface area contributed by atoms with Gasteiger partial charge < -0.3 is 14.2 Å². The zero-order valence-corrected chi connectivity index (χ0v) is 17.2. The van der Waals surface area contributed by atoms with Gasteiger partial charge in [0.1, 0.15) is 11.4 Å². The van der Waals surface area contributed by atoms with Gasteiger partial charge in [-0.15, -0.1) is 0 Å². The molecule has 2 aliphatic rings. The molecule has 0 bridgehead atoms. The van der Waals surface area contributed by atoms with Crippen molar-refractivity contribution >= 4 is 11.9 Å². The molecule has 3 heterocycles. The van der Waals surface area contributed by atoms with E-state index in [2.05, 4.69) is 26.6 Å². The minimum Gasteiger partial charge on any atom is -0.459 e. The van der Waals surface area contributed by atoms with Gasteiger partial charge in [0.2, 0.25) is 5.91 Å². The number of hydrogen-bond acceptors (Lipinski definition) is 5. The van der Waals surface area contributed by atoms with Crippen LogP contribution >= 0.6 is 0 Å². The summed E-state index contributed by atoms with van der Waals surface area (Å²) in [4.78, 5) is 33.6. The van der Waals surface area contributed by atoms with E-state index in [1.54, 1.807) is 0 Å². The zero-order chi connectivity index (χ0) is 20.6. The Bertz CT molecular complexity index is 884. The molecule has 2 saturated heterocycles. The highest BCUT2D eigenvalue weighted by Gasteiger charge is 2.48. The maximum atomic E-state index is 13.0. The Hall–Kier alpha value is -2.67. The molecule has 0 N–H and O–H groups in total. The van der Waals surface area contributed by atoms with Gasteiger partial charge in [-0.05, 0) is 19.4 Å². The van der Waals surface area contributed by atoms with E-state index in [9.17, 15) is 9.59 Å². The number of benzene rings is 1. The first-order valence-electron chi connectivity index (χ1n) is 10.1. The number of cyclic esters (lactones) is 1. The van der Waals surface area contributed by atoms with Crippen LogP contribution in [0.4, 0.5) is 0 Å². The van der Waals surface area contributed by atoms with Crippen LogP contribution in [0.15, 0.2) is 42.7 Å². The lowest BCUT2D eigenvalue weighted by atomic mass is 9.89. The van der Waals surface area contributed by atoms with Crippen molar-refractivity contribution in [3.05, 3.63) is 54.1 Å². The molecule has 0 radical (unpaired) electrons. The molecule has 4 rings (SSSR count). The van der Waals surface area contributed by atoms with E-state index in [1.165, 1.54) is 5.56 Å². The van der Waals surface area contributed by atoms with E-state index in [1.807, 2.05) is 56.4 Å². The van der Waals surface area contributed by atoms with Crippen molar-refractivity contribution in [2.75, 3.05) is 26.2 Å². The lowest BCUT2D eigenvalue weighted by molar-refractivity contribution is -0.149. The van der Waals surface area contributed by atoms with Crippen molar-refractivity contribution in [3.63, 3.8) is 0 Å². The number of ether oxygens (including phenoxy) is 1. The van der Waals surface area contributed by atoms with Crippen molar-refractivity contribution in [3.8, 4) is 0 Å². The van der Waals surface area contributed by atoms with E-state index in [0.717, 1.165) is 18.9 Å². The van der Waals surface area contributed by atoms with Gasteiger partial charge in [-0.25, -0.2) is 4.98 Å². The van der Waals surface area contributed by atoms with Gasteiger partial charge in [0.05, 0.1) is 18.4 Å². The number of imidazole rings is 1. The summed E-state index contributed by atoms with van der Waals surface area (Å²) in [7, 11) is 2.01. The molecule has 154 valence electrons. The molecule has 2 atom stereocenters. The van der Waals surface area contributed by atoms with Gasteiger partial charge in [0, 0.05) is 45.6 Å². The van der Waals surface area contributed by atoms with E-state index >= 15 is 0 Å². The maximum absolute atomic E-state index is 13.0. The molecule has 7 heteroatoms. The third-order valence-electron chi connectivity index (χ3n) is 6.09. The number of carbonyl (C=O) groups excluding carboxylic acids is 2. The minimum absolute atomic E-state index is 0.0220. The molecule has 29 heavy (non-hydrogen) atoms. The van der Waals surface area contributed by atoms with Crippen LogP contribution in [0.5, 0.6) is 0 Å². The first-order valence-corrected chi connectivity index (χ1v) is 10.1. The van der Waals surface area contributed by atoms with Gasteiger partial charge in [-0.1, -0.05) is 30.3 Å². The van der Waals surface area contributed by atoms with Gasteiger partial charge >= 0.3 is 5.97 Å². The molecule has 1 aromatic carbocycles.